The van der Waals surface area contributed by atoms with Crippen molar-refractivity contribution >= 4 is 17.3 Å². The van der Waals surface area contributed by atoms with Crippen molar-refractivity contribution in [2.75, 3.05) is 7.05 Å². The average molecular weight is 329 g/mol. The third-order valence-electron chi connectivity index (χ3n) is 3.79. The van der Waals surface area contributed by atoms with E-state index < -0.39 is 15.9 Å². The quantitative estimate of drug-likeness (QED) is 0.617. The second kappa shape index (κ2) is 6.86. The summed E-state index contributed by atoms with van der Waals surface area (Å²) in [6.45, 7) is 1.75. The van der Waals surface area contributed by atoms with Crippen LogP contribution in [-0.4, -0.2) is 27.7 Å². The molecule has 0 N–H and O–H groups in total. The van der Waals surface area contributed by atoms with Gasteiger partial charge in [0.1, 0.15) is 0 Å². The molecule has 8 nitrogen and oxygen atoms in total. The molecular weight excluding hydrogens is 314 g/mol. The highest BCUT2D eigenvalue weighted by Gasteiger charge is 2.21. The highest BCUT2D eigenvalue weighted by atomic mass is 16.6. The zero-order valence-electron chi connectivity index (χ0n) is 13.1. The summed E-state index contributed by atoms with van der Waals surface area (Å²) < 4.78 is 0. The summed E-state index contributed by atoms with van der Waals surface area (Å²) in [5.41, 5.74) is 0.791. The fourth-order valence-corrected chi connectivity index (χ4v) is 2.23. The van der Waals surface area contributed by atoms with E-state index in [9.17, 15) is 25.0 Å². The number of carbonyl (C=O) groups excluding carboxylic acids is 1. The maximum absolute atomic E-state index is 12.5. The number of hydrogen-bond donors (Lipinski definition) is 0. The molecule has 1 atom stereocenters. The smallest absolute Gasteiger partial charge is 0.269 e. The first kappa shape index (κ1) is 17.1. The number of hydrogen-bond acceptors (Lipinski definition) is 5. The molecule has 0 aliphatic carbocycles. The van der Waals surface area contributed by atoms with Gasteiger partial charge in [0.25, 0.3) is 17.3 Å². The van der Waals surface area contributed by atoms with Crippen molar-refractivity contribution in [2.24, 2.45) is 0 Å². The Morgan fingerprint density at radius 2 is 1.58 bits per heavy atom. The van der Waals surface area contributed by atoms with Gasteiger partial charge in [0.2, 0.25) is 0 Å². The molecule has 2 rings (SSSR count). The fraction of sp³-hybridized carbons (Fsp3) is 0.188. The van der Waals surface area contributed by atoms with Crippen LogP contribution in [0.15, 0.2) is 48.5 Å². The van der Waals surface area contributed by atoms with Crippen LogP contribution >= 0.6 is 0 Å². The van der Waals surface area contributed by atoms with Crippen LogP contribution in [0.1, 0.15) is 28.9 Å². The minimum Gasteiger partial charge on any atom is -0.335 e. The van der Waals surface area contributed by atoms with Crippen LogP contribution in [0.5, 0.6) is 0 Å². The molecule has 0 bridgehead atoms. The molecule has 2 aromatic rings. The van der Waals surface area contributed by atoms with E-state index >= 15 is 0 Å². The van der Waals surface area contributed by atoms with E-state index in [4.69, 9.17) is 0 Å². The molecular formula is C16H15N3O5. The first-order chi connectivity index (χ1) is 11.3. The van der Waals surface area contributed by atoms with Crippen molar-refractivity contribution in [1.29, 1.82) is 0 Å². The van der Waals surface area contributed by atoms with Gasteiger partial charge in [0, 0.05) is 36.9 Å². The van der Waals surface area contributed by atoms with Gasteiger partial charge in [-0.15, -0.1) is 0 Å². The van der Waals surface area contributed by atoms with Crippen molar-refractivity contribution in [3.05, 3.63) is 79.9 Å². The molecule has 2 aromatic carbocycles. The largest absolute Gasteiger partial charge is 0.335 e. The van der Waals surface area contributed by atoms with E-state index in [1.165, 1.54) is 41.3 Å². The Balaban J connectivity index is 2.21. The number of non-ortho nitro benzene ring substituents is 2. The summed E-state index contributed by atoms with van der Waals surface area (Å²) in [6, 6.07) is 11.0. The standard InChI is InChI=1S/C16H15N3O5/c1-11(13-4-3-5-15(10-13)19(23)24)17(2)16(20)12-6-8-14(9-7-12)18(21)22/h3-11H,1-2H3/t11-/m0/s1. The average Bonchev–Trinajstić information content (AvgIpc) is 2.60. The SMILES string of the molecule is C[C@@H](c1cccc([N+](=O)[O-])c1)N(C)C(=O)c1ccc([N+](=O)[O-])cc1. The Morgan fingerprint density at radius 1 is 1.00 bits per heavy atom. The first-order valence-electron chi connectivity index (χ1n) is 7.07. The molecule has 1 amide bonds. The number of nitrogens with zero attached hydrogens (tertiary/aromatic N) is 3. The number of nitro benzene ring substituents is 2. The van der Waals surface area contributed by atoms with Crippen LogP contribution in [0.2, 0.25) is 0 Å². The lowest BCUT2D eigenvalue weighted by atomic mass is 10.1. The lowest BCUT2D eigenvalue weighted by Gasteiger charge is -2.25. The van der Waals surface area contributed by atoms with Gasteiger partial charge in [0.15, 0.2) is 0 Å². The summed E-state index contributed by atoms with van der Waals surface area (Å²) in [6.07, 6.45) is 0. The van der Waals surface area contributed by atoms with Gasteiger partial charge in [-0.05, 0) is 24.6 Å². The molecule has 0 radical (unpaired) electrons. The minimum absolute atomic E-state index is 0.0458. The monoisotopic (exact) mass is 329 g/mol. The van der Waals surface area contributed by atoms with E-state index in [1.54, 1.807) is 26.1 Å². The Hall–Kier alpha value is -3.29. The second-order valence-corrected chi connectivity index (χ2v) is 5.25. The van der Waals surface area contributed by atoms with Crippen molar-refractivity contribution in [2.45, 2.75) is 13.0 Å². The van der Waals surface area contributed by atoms with Crippen LogP contribution in [0.3, 0.4) is 0 Å². The number of amides is 1. The predicted molar refractivity (Wildman–Crippen MR) is 86.7 cm³/mol. The molecule has 0 aromatic heterocycles. The Bertz CT molecular complexity index is 789. The summed E-state index contributed by atoms with van der Waals surface area (Å²) >= 11 is 0. The Labute approximate surface area is 137 Å². The molecule has 8 heteroatoms. The molecule has 124 valence electrons. The molecule has 0 aliphatic heterocycles. The van der Waals surface area contributed by atoms with Gasteiger partial charge in [-0.2, -0.15) is 0 Å². The summed E-state index contributed by atoms with van der Waals surface area (Å²) in [7, 11) is 1.58. The zero-order chi connectivity index (χ0) is 17.9. The molecule has 0 heterocycles. The molecule has 24 heavy (non-hydrogen) atoms. The van der Waals surface area contributed by atoms with Crippen molar-refractivity contribution in [3.8, 4) is 0 Å². The maximum atomic E-state index is 12.5. The van der Waals surface area contributed by atoms with Gasteiger partial charge < -0.3 is 4.90 Å². The van der Waals surface area contributed by atoms with Crippen molar-refractivity contribution in [3.63, 3.8) is 0 Å². The maximum Gasteiger partial charge on any atom is 0.269 e. The normalized spacial score (nSPS) is 11.6. The molecule has 0 spiro atoms. The number of rotatable bonds is 5. The van der Waals surface area contributed by atoms with Crippen LogP contribution < -0.4 is 0 Å². The predicted octanol–water partition coefficient (Wildman–Crippen LogP) is 3.34. The van der Waals surface area contributed by atoms with Gasteiger partial charge in [-0.1, -0.05) is 12.1 Å². The number of benzene rings is 2. The lowest BCUT2D eigenvalue weighted by Crippen LogP contribution is -2.29. The second-order valence-electron chi connectivity index (χ2n) is 5.25. The summed E-state index contributed by atoms with van der Waals surface area (Å²) in [5, 5.41) is 21.5. The molecule has 0 unspecified atom stereocenters. The van der Waals surface area contributed by atoms with Gasteiger partial charge >= 0.3 is 0 Å². The highest BCUT2D eigenvalue weighted by Crippen LogP contribution is 2.24. The van der Waals surface area contributed by atoms with Crippen LogP contribution in [-0.2, 0) is 0 Å². The van der Waals surface area contributed by atoms with E-state index in [-0.39, 0.29) is 17.3 Å². The van der Waals surface area contributed by atoms with Gasteiger partial charge in [0.05, 0.1) is 15.9 Å². The van der Waals surface area contributed by atoms with Gasteiger partial charge in [-0.25, -0.2) is 0 Å². The first-order valence-corrected chi connectivity index (χ1v) is 7.07. The van der Waals surface area contributed by atoms with Crippen LogP contribution in [0, 0.1) is 20.2 Å². The molecule has 0 saturated heterocycles. The summed E-state index contributed by atoms with van der Waals surface area (Å²) in [5.74, 6) is -0.330. The fourth-order valence-electron chi connectivity index (χ4n) is 2.23. The van der Waals surface area contributed by atoms with E-state index in [1.807, 2.05) is 0 Å². The van der Waals surface area contributed by atoms with E-state index in [0.29, 0.717) is 11.1 Å². The molecule has 0 fully saturated rings. The van der Waals surface area contributed by atoms with Crippen molar-refractivity contribution in [1.82, 2.24) is 4.90 Å². The molecule has 0 saturated carbocycles. The Kier molecular flexibility index (Phi) is 4.88. The van der Waals surface area contributed by atoms with E-state index in [2.05, 4.69) is 0 Å². The topological polar surface area (TPSA) is 107 Å². The zero-order valence-corrected chi connectivity index (χ0v) is 13.1. The number of carbonyl (C=O) groups is 1. The highest BCUT2D eigenvalue weighted by molar-refractivity contribution is 5.94. The molecule has 0 aliphatic rings. The minimum atomic E-state index is -0.538. The lowest BCUT2D eigenvalue weighted by molar-refractivity contribution is -0.385. The van der Waals surface area contributed by atoms with Gasteiger partial charge in [-0.3, -0.25) is 25.0 Å². The third-order valence-corrected chi connectivity index (χ3v) is 3.79. The number of nitro groups is 2. The summed E-state index contributed by atoms with van der Waals surface area (Å²) in [4.78, 5) is 34.4. The van der Waals surface area contributed by atoms with Crippen LogP contribution in [0.25, 0.3) is 0 Å². The third kappa shape index (κ3) is 3.54. The van der Waals surface area contributed by atoms with Crippen molar-refractivity contribution < 1.29 is 14.6 Å². The Morgan fingerprint density at radius 3 is 2.12 bits per heavy atom. The van der Waals surface area contributed by atoms with E-state index in [0.717, 1.165) is 0 Å². The van der Waals surface area contributed by atoms with Crippen LogP contribution in [0.4, 0.5) is 11.4 Å².